The van der Waals surface area contributed by atoms with Crippen LogP contribution < -0.4 is 9.80 Å². The number of aryl methyl sites for hydroxylation is 3. The van der Waals surface area contributed by atoms with Crippen molar-refractivity contribution in [1.82, 2.24) is 9.97 Å². The summed E-state index contributed by atoms with van der Waals surface area (Å²) in [5.41, 5.74) is 8.02. The number of hydrogen-bond acceptors (Lipinski definition) is 4. The van der Waals surface area contributed by atoms with E-state index in [4.69, 9.17) is 16.4 Å². The summed E-state index contributed by atoms with van der Waals surface area (Å²) in [5, 5.41) is 4.44. The summed E-state index contributed by atoms with van der Waals surface area (Å²) < 4.78 is 0. The summed E-state index contributed by atoms with van der Waals surface area (Å²) in [7, 11) is 0. The van der Waals surface area contributed by atoms with Gasteiger partial charge in [0.2, 0.25) is 0 Å². The number of para-hydroxylation sites is 1. The molecule has 4 heteroatoms. The van der Waals surface area contributed by atoms with Crippen LogP contribution in [0, 0.1) is 33.1 Å². The first-order valence-corrected chi connectivity index (χ1v) is 15.4. The Morgan fingerprint density at radius 3 is 2.07 bits per heavy atom. The van der Waals surface area contributed by atoms with Gasteiger partial charge < -0.3 is 0 Å². The van der Waals surface area contributed by atoms with Crippen molar-refractivity contribution in [2.45, 2.75) is 27.7 Å². The first kappa shape index (κ1) is 30.1. The van der Waals surface area contributed by atoms with Gasteiger partial charge in [0.1, 0.15) is 11.6 Å². The van der Waals surface area contributed by atoms with E-state index >= 15 is 0 Å². The number of hydrogen-bond donors (Lipinski definition) is 0. The van der Waals surface area contributed by atoms with Gasteiger partial charge >= 0.3 is 0 Å². The lowest BCUT2D eigenvalue weighted by molar-refractivity contribution is 1.13. The van der Waals surface area contributed by atoms with E-state index in [1.165, 1.54) is 0 Å². The van der Waals surface area contributed by atoms with Crippen molar-refractivity contribution < 1.29 is 0 Å². The molecule has 0 amide bonds. The molecule has 0 spiro atoms. The largest absolute Gasteiger partial charge is 0.294 e. The number of terminal acetylenes is 1. The summed E-state index contributed by atoms with van der Waals surface area (Å²) in [6, 6.07) is 31.6. The Morgan fingerprint density at radius 2 is 1.43 bits per heavy atom. The summed E-state index contributed by atoms with van der Waals surface area (Å²) in [4.78, 5) is 13.9. The number of benzene rings is 4. The Labute approximate surface area is 271 Å². The van der Waals surface area contributed by atoms with Gasteiger partial charge in [-0.3, -0.25) is 9.80 Å². The van der Waals surface area contributed by atoms with Gasteiger partial charge in [0, 0.05) is 29.0 Å². The van der Waals surface area contributed by atoms with E-state index in [2.05, 4.69) is 115 Å². The molecule has 0 fully saturated rings. The fourth-order valence-corrected chi connectivity index (χ4v) is 5.94. The van der Waals surface area contributed by atoms with Crippen LogP contribution in [0.3, 0.4) is 0 Å². The topological polar surface area (TPSA) is 32.3 Å². The lowest BCUT2D eigenvalue weighted by Gasteiger charge is -2.28. The van der Waals surface area contributed by atoms with Crippen LogP contribution in [0.15, 0.2) is 134 Å². The molecule has 0 radical (unpaired) electrons. The average molecular weight is 597 g/mol. The summed E-state index contributed by atoms with van der Waals surface area (Å²) in [5.74, 6) is 4.51. The van der Waals surface area contributed by atoms with Crippen LogP contribution in [0.5, 0.6) is 0 Å². The molecule has 0 aliphatic heterocycles. The molecule has 6 aromatic rings. The first-order chi connectivity index (χ1) is 22.4. The Balaban J connectivity index is 1.68. The van der Waals surface area contributed by atoms with E-state index < -0.39 is 0 Å². The fourth-order valence-electron chi connectivity index (χ4n) is 5.94. The Morgan fingerprint density at radius 1 is 0.761 bits per heavy atom. The van der Waals surface area contributed by atoms with Crippen LogP contribution in [-0.4, -0.2) is 9.97 Å². The minimum absolute atomic E-state index is 0.693. The van der Waals surface area contributed by atoms with Crippen LogP contribution in [-0.2, 0) is 0 Å². The van der Waals surface area contributed by atoms with Gasteiger partial charge in [0.25, 0.3) is 0 Å². The van der Waals surface area contributed by atoms with Crippen molar-refractivity contribution in [3.05, 3.63) is 156 Å². The van der Waals surface area contributed by atoms with Crippen molar-refractivity contribution >= 4 is 56.3 Å². The van der Waals surface area contributed by atoms with Crippen LogP contribution in [0.4, 0.5) is 28.7 Å². The minimum atomic E-state index is 0.693. The summed E-state index contributed by atoms with van der Waals surface area (Å²) >= 11 is 0. The molecule has 4 aromatic carbocycles. The van der Waals surface area contributed by atoms with Gasteiger partial charge in [-0.1, -0.05) is 85.3 Å². The number of anilines is 5. The molecular weight excluding hydrogens is 560 g/mol. The van der Waals surface area contributed by atoms with Crippen molar-refractivity contribution in [3.63, 3.8) is 0 Å². The van der Waals surface area contributed by atoms with Crippen LogP contribution in [0.25, 0.3) is 27.6 Å². The van der Waals surface area contributed by atoms with Gasteiger partial charge in [-0.2, -0.15) is 0 Å². The summed E-state index contributed by atoms with van der Waals surface area (Å²) in [6.45, 7) is 12.6. The SMILES string of the molecule is C#C/C(=C\C=C/C)N(c1ccc(C)cn1)c1ccc(C)c2c1ccc1ccc(N(c3ccccc3)c3ccc(C)cn3)c(C=C)c12. The second-order valence-corrected chi connectivity index (χ2v) is 11.3. The zero-order chi connectivity index (χ0) is 32.2. The highest BCUT2D eigenvalue weighted by atomic mass is 15.2. The number of fused-ring (bicyclic) bond motifs is 3. The van der Waals surface area contributed by atoms with E-state index in [0.717, 1.165) is 72.5 Å². The van der Waals surface area contributed by atoms with E-state index in [0.29, 0.717) is 5.70 Å². The van der Waals surface area contributed by atoms with Gasteiger partial charge in [-0.05, 0) is 103 Å². The molecule has 0 saturated heterocycles. The highest BCUT2D eigenvalue weighted by Gasteiger charge is 2.22. The third-order valence-electron chi connectivity index (χ3n) is 8.15. The van der Waals surface area contributed by atoms with Gasteiger partial charge in [0.15, 0.2) is 0 Å². The van der Waals surface area contributed by atoms with Crippen molar-refractivity contribution in [2.75, 3.05) is 9.80 Å². The molecule has 4 nitrogen and oxygen atoms in total. The monoisotopic (exact) mass is 596 g/mol. The zero-order valence-electron chi connectivity index (χ0n) is 26.7. The maximum Gasteiger partial charge on any atom is 0.138 e. The van der Waals surface area contributed by atoms with Crippen LogP contribution in [0.1, 0.15) is 29.2 Å². The molecule has 0 bridgehead atoms. The molecular formula is C42H36N4. The Bertz CT molecular complexity index is 2150. The molecule has 0 aliphatic rings. The molecule has 0 saturated carbocycles. The van der Waals surface area contributed by atoms with Crippen LogP contribution >= 0.6 is 0 Å². The molecule has 224 valence electrons. The number of nitrogens with zero attached hydrogens (tertiary/aromatic N) is 4. The molecule has 46 heavy (non-hydrogen) atoms. The summed E-state index contributed by atoms with van der Waals surface area (Å²) in [6.07, 6.45) is 17.8. The normalized spacial score (nSPS) is 11.6. The Kier molecular flexibility index (Phi) is 8.50. The third-order valence-corrected chi connectivity index (χ3v) is 8.15. The van der Waals surface area contributed by atoms with E-state index in [1.807, 2.05) is 62.7 Å². The number of rotatable bonds is 8. The molecule has 0 N–H and O–H groups in total. The Hall–Kier alpha value is -5.92. The number of allylic oxidation sites excluding steroid dienone is 4. The molecule has 0 atom stereocenters. The first-order valence-electron chi connectivity index (χ1n) is 15.4. The predicted molar refractivity (Wildman–Crippen MR) is 196 cm³/mol. The zero-order valence-corrected chi connectivity index (χ0v) is 26.7. The quantitative estimate of drug-likeness (QED) is 0.0994. The van der Waals surface area contributed by atoms with E-state index in [-0.39, 0.29) is 0 Å². The lowest BCUT2D eigenvalue weighted by atomic mass is 9.92. The average Bonchev–Trinajstić information content (AvgIpc) is 3.09. The van der Waals surface area contributed by atoms with E-state index in [1.54, 1.807) is 0 Å². The maximum absolute atomic E-state index is 6.16. The third kappa shape index (κ3) is 5.56. The number of pyridine rings is 2. The highest BCUT2D eigenvalue weighted by Crippen LogP contribution is 2.44. The van der Waals surface area contributed by atoms with E-state index in [9.17, 15) is 0 Å². The van der Waals surface area contributed by atoms with Gasteiger partial charge in [0.05, 0.1) is 17.1 Å². The predicted octanol–water partition coefficient (Wildman–Crippen LogP) is 11.1. The standard InChI is InChI=1S/C42H36N4/c1-7-10-14-33(8-2)45(39-25-17-29(4)27-43-39)38-23-19-31(6)41-36(38)22-20-32-21-24-37(35(9-3)42(32)41)46(34-15-12-11-13-16-34)40-26-18-30(5)28-44-40/h2,7,9-28H,3H2,1,4-6H3/b10-7-,33-14+. The second-order valence-electron chi connectivity index (χ2n) is 11.3. The smallest absolute Gasteiger partial charge is 0.138 e. The molecule has 2 aromatic heterocycles. The minimum Gasteiger partial charge on any atom is -0.294 e. The maximum atomic E-state index is 6.16. The van der Waals surface area contributed by atoms with Gasteiger partial charge in [-0.25, -0.2) is 9.97 Å². The molecule has 6 rings (SSSR count). The highest BCUT2D eigenvalue weighted by molar-refractivity contribution is 6.18. The fraction of sp³-hybridized carbons (Fsp3) is 0.0952. The van der Waals surface area contributed by atoms with Crippen molar-refractivity contribution in [3.8, 4) is 12.3 Å². The van der Waals surface area contributed by atoms with Crippen molar-refractivity contribution in [1.29, 1.82) is 0 Å². The van der Waals surface area contributed by atoms with Crippen molar-refractivity contribution in [2.24, 2.45) is 0 Å². The van der Waals surface area contributed by atoms with Gasteiger partial charge in [-0.15, -0.1) is 6.42 Å². The lowest BCUT2D eigenvalue weighted by Crippen LogP contribution is -2.17. The molecule has 0 aliphatic carbocycles. The van der Waals surface area contributed by atoms with Crippen LogP contribution in [0.2, 0.25) is 0 Å². The molecule has 2 heterocycles. The number of aromatic nitrogens is 2. The molecule has 0 unspecified atom stereocenters. The second kappa shape index (κ2) is 13.0.